The summed E-state index contributed by atoms with van der Waals surface area (Å²) in [5.41, 5.74) is 1.76. The van der Waals surface area contributed by atoms with Crippen molar-refractivity contribution in [1.29, 1.82) is 0 Å². The lowest BCUT2D eigenvalue weighted by molar-refractivity contribution is -0.133. The van der Waals surface area contributed by atoms with Crippen molar-refractivity contribution in [2.24, 2.45) is 0 Å². The van der Waals surface area contributed by atoms with Gasteiger partial charge in [0.25, 0.3) is 0 Å². The van der Waals surface area contributed by atoms with Crippen LogP contribution in [0.4, 0.5) is 5.69 Å². The van der Waals surface area contributed by atoms with Gasteiger partial charge in [0.1, 0.15) is 5.82 Å². The quantitative estimate of drug-likeness (QED) is 0.517. The summed E-state index contributed by atoms with van der Waals surface area (Å²) >= 11 is 0. The lowest BCUT2D eigenvalue weighted by atomic mass is 10.2. The fourth-order valence-electron chi connectivity index (χ4n) is 3.98. The van der Waals surface area contributed by atoms with Gasteiger partial charge in [-0.15, -0.1) is 0 Å². The van der Waals surface area contributed by atoms with Gasteiger partial charge in [-0.2, -0.15) is 4.31 Å². The Labute approximate surface area is 205 Å². The Kier molecular flexibility index (Phi) is 7.62. The standard InChI is InChI=1S/C25H29N5O4S/c1-20-26-13-14-29(20)19-21-7-9-22(10-8-21)27-24(31)11-12-25(32)28-15-17-30(18-16-28)35(33,34)23-5-3-2-4-6-23/h2-10,13-14H,11-12,15-19H2,1H3,(H,27,31). The molecule has 184 valence electrons. The van der Waals surface area contributed by atoms with Crippen molar-refractivity contribution in [3.8, 4) is 0 Å². The van der Waals surface area contributed by atoms with E-state index in [4.69, 9.17) is 0 Å². The van der Waals surface area contributed by atoms with Gasteiger partial charge in [-0.25, -0.2) is 13.4 Å². The maximum absolute atomic E-state index is 12.7. The van der Waals surface area contributed by atoms with Gasteiger partial charge in [0.05, 0.1) is 4.90 Å². The van der Waals surface area contributed by atoms with Gasteiger partial charge in [0, 0.05) is 63.6 Å². The molecule has 0 bridgehead atoms. The van der Waals surface area contributed by atoms with E-state index in [2.05, 4.69) is 10.3 Å². The molecule has 0 spiro atoms. The van der Waals surface area contributed by atoms with E-state index in [1.165, 1.54) is 4.31 Å². The van der Waals surface area contributed by atoms with Crippen LogP contribution in [0.3, 0.4) is 0 Å². The van der Waals surface area contributed by atoms with Crippen LogP contribution in [0.2, 0.25) is 0 Å². The van der Waals surface area contributed by atoms with Gasteiger partial charge in [0.15, 0.2) is 0 Å². The van der Waals surface area contributed by atoms with Crippen molar-refractivity contribution in [3.63, 3.8) is 0 Å². The van der Waals surface area contributed by atoms with E-state index in [1.807, 2.05) is 42.0 Å². The number of aryl methyl sites for hydroxylation is 1. The second-order valence-electron chi connectivity index (χ2n) is 8.45. The first-order valence-corrected chi connectivity index (χ1v) is 13.0. The molecule has 9 nitrogen and oxygen atoms in total. The molecule has 0 atom stereocenters. The smallest absolute Gasteiger partial charge is 0.243 e. The highest BCUT2D eigenvalue weighted by atomic mass is 32.2. The van der Waals surface area contributed by atoms with Crippen molar-refractivity contribution in [3.05, 3.63) is 78.4 Å². The van der Waals surface area contributed by atoms with E-state index >= 15 is 0 Å². The van der Waals surface area contributed by atoms with E-state index in [1.54, 1.807) is 41.4 Å². The molecule has 1 aliphatic heterocycles. The summed E-state index contributed by atoms with van der Waals surface area (Å²) in [6, 6.07) is 15.9. The topological polar surface area (TPSA) is 105 Å². The lowest BCUT2D eigenvalue weighted by Crippen LogP contribution is -2.50. The lowest BCUT2D eigenvalue weighted by Gasteiger charge is -2.34. The minimum Gasteiger partial charge on any atom is -0.340 e. The molecule has 10 heteroatoms. The van der Waals surface area contributed by atoms with Crippen LogP contribution in [0, 0.1) is 6.92 Å². The largest absolute Gasteiger partial charge is 0.340 e. The van der Waals surface area contributed by atoms with Crippen LogP contribution in [0.1, 0.15) is 24.2 Å². The van der Waals surface area contributed by atoms with E-state index < -0.39 is 10.0 Å². The normalized spacial score (nSPS) is 14.6. The SMILES string of the molecule is Cc1nccn1Cc1ccc(NC(=O)CCC(=O)N2CCN(S(=O)(=O)c3ccccc3)CC2)cc1. The predicted molar refractivity (Wildman–Crippen MR) is 132 cm³/mol. The number of rotatable bonds is 8. The van der Waals surface area contributed by atoms with Crippen molar-refractivity contribution in [2.75, 3.05) is 31.5 Å². The third-order valence-electron chi connectivity index (χ3n) is 6.05. The number of benzene rings is 2. The Morgan fingerprint density at radius 1 is 0.943 bits per heavy atom. The molecule has 0 radical (unpaired) electrons. The zero-order valence-electron chi connectivity index (χ0n) is 19.6. The molecular weight excluding hydrogens is 466 g/mol. The van der Waals surface area contributed by atoms with Crippen LogP contribution in [0.15, 0.2) is 71.9 Å². The molecule has 35 heavy (non-hydrogen) atoms. The molecule has 2 heterocycles. The van der Waals surface area contributed by atoms with Crippen molar-refractivity contribution in [2.45, 2.75) is 31.2 Å². The molecule has 1 saturated heterocycles. The second kappa shape index (κ2) is 10.8. The van der Waals surface area contributed by atoms with Gasteiger partial charge in [-0.05, 0) is 36.8 Å². The number of amides is 2. The molecule has 1 aromatic heterocycles. The highest BCUT2D eigenvalue weighted by molar-refractivity contribution is 7.89. The number of imidazole rings is 1. The number of aromatic nitrogens is 2. The number of hydrogen-bond donors (Lipinski definition) is 1. The Hall–Kier alpha value is -3.50. The number of nitrogens with one attached hydrogen (secondary N) is 1. The van der Waals surface area contributed by atoms with Gasteiger partial charge in [-0.1, -0.05) is 30.3 Å². The maximum atomic E-state index is 12.7. The van der Waals surface area contributed by atoms with Crippen LogP contribution >= 0.6 is 0 Å². The zero-order chi connectivity index (χ0) is 24.8. The fourth-order valence-corrected chi connectivity index (χ4v) is 5.43. The maximum Gasteiger partial charge on any atom is 0.243 e. The molecular formula is C25H29N5O4S. The van der Waals surface area contributed by atoms with Crippen LogP contribution < -0.4 is 5.32 Å². The average molecular weight is 496 g/mol. The van der Waals surface area contributed by atoms with Crippen molar-refractivity contribution < 1.29 is 18.0 Å². The minimum atomic E-state index is -3.56. The highest BCUT2D eigenvalue weighted by Crippen LogP contribution is 2.18. The molecule has 0 saturated carbocycles. The summed E-state index contributed by atoms with van der Waals surface area (Å²) < 4.78 is 28.9. The van der Waals surface area contributed by atoms with Crippen molar-refractivity contribution >= 4 is 27.5 Å². The van der Waals surface area contributed by atoms with Gasteiger partial charge >= 0.3 is 0 Å². The monoisotopic (exact) mass is 495 g/mol. The Bertz CT molecular complexity index is 1260. The summed E-state index contributed by atoms with van der Waals surface area (Å²) in [5, 5.41) is 2.83. The molecule has 4 rings (SSSR count). The van der Waals surface area contributed by atoms with Crippen LogP contribution in [-0.4, -0.2) is 65.2 Å². The first-order valence-electron chi connectivity index (χ1n) is 11.5. The molecule has 0 aliphatic carbocycles. The Balaban J connectivity index is 1.21. The number of carbonyl (C=O) groups excluding carboxylic acids is 2. The summed E-state index contributed by atoms with van der Waals surface area (Å²) in [6.07, 6.45) is 3.83. The Morgan fingerprint density at radius 3 is 2.26 bits per heavy atom. The van der Waals surface area contributed by atoms with E-state index in [9.17, 15) is 18.0 Å². The number of carbonyl (C=O) groups is 2. The minimum absolute atomic E-state index is 0.0668. The number of piperazine rings is 1. The molecule has 1 N–H and O–H groups in total. The van der Waals surface area contributed by atoms with Crippen LogP contribution in [-0.2, 0) is 26.2 Å². The molecule has 0 unspecified atom stereocenters. The molecule has 2 aromatic carbocycles. The van der Waals surface area contributed by atoms with Gasteiger partial charge in [-0.3, -0.25) is 9.59 Å². The number of sulfonamides is 1. The number of nitrogens with zero attached hydrogens (tertiary/aromatic N) is 4. The average Bonchev–Trinajstić information content (AvgIpc) is 3.28. The number of hydrogen-bond acceptors (Lipinski definition) is 5. The zero-order valence-corrected chi connectivity index (χ0v) is 20.4. The summed E-state index contributed by atoms with van der Waals surface area (Å²) in [4.78, 5) is 31.0. The first-order chi connectivity index (χ1) is 16.8. The predicted octanol–water partition coefficient (Wildman–Crippen LogP) is 2.49. The Morgan fingerprint density at radius 2 is 1.63 bits per heavy atom. The third kappa shape index (κ3) is 6.14. The summed E-state index contributed by atoms with van der Waals surface area (Å²) in [6.45, 7) is 3.74. The number of anilines is 1. The highest BCUT2D eigenvalue weighted by Gasteiger charge is 2.29. The van der Waals surface area contributed by atoms with E-state index in [-0.39, 0.29) is 42.6 Å². The van der Waals surface area contributed by atoms with E-state index in [0.717, 1.165) is 11.4 Å². The second-order valence-corrected chi connectivity index (χ2v) is 10.4. The fraction of sp³-hybridized carbons (Fsp3) is 0.320. The van der Waals surface area contributed by atoms with Gasteiger partial charge in [0.2, 0.25) is 21.8 Å². The van der Waals surface area contributed by atoms with E-state index in [0.29, 0.717) is 25.3 Å². The van der Waals surface area contributed by atoms with Crippen LogP contribution in [0.25, 0.3) is 0 Å². The third-order valence-corrected chi connectivity index (χ3v) is 7.97. The first kappa shape index (κ1) is 24.6. The van der Waals surface area contributed by atoms with Crippen molar-refractivity contribution in [1.82, 2.24) is 18.8 Å². The van der Waals surface area contributed by atoms with Crippen LogP contribution in [0.5, 0.6) is 0 Å². The summed E-state index contributed by atoms with van der Waals surface area (Å²) in [7, 11) is -3.56. The molecule has 2 amide bonds. The molecule has 1 fully saturated rings. The van der Waals surface area contributed by atoms with Gasteiger partial charge < -0.3 is 14.8 Å². The molecule has 1 aliphatic rings. The molecule has 3 aromatic rings. The summed E-state index contributed by atoms with van der Waals surface area (Å²) in [5.74, 6) is 0.552.